The first kappa shape index (κ1) is 11.4. The predicted octanol–water partition coefficient (Wildman–Crippen LogP) is 3.39. The molecule has 1 heterocycles. The molecule has 0 fully saturated rings. The molecule has 0 bridgehead atoms. The molecular weight excluding hydrogens is 293 g/mol. The van der Waals surface area contributed by atoms with Gasteiger partial charge in [0.15, 0.2) is 5.88 Å². The van der Waals surface area contributed by atoms with Crippen molar-refractivity contribution < 1.29 is 10.2 Å². The van der Waals surface area contributed by atoms with Crippen molar-refractivity contribution in [2.45, 2.75) is 5.88 Å². The largest absolute Gasteiger partial charge is 0.494 e. The van der Waals surface area contributed by atoms with Crippen LogP contribution in [-0.2, 0) is 5.88 Å². The lowest BCUT2D eigenvalue weighted by molar-refractivity contribution is 0.401. The van der Waals surface area contributed by atoms with Gasteiger partial charge in [0.2, 0.25) is 5.88 Å². The predicted molar refractivity (Wildman–Crippen MR) is 66.4 cm³/mol. The van der Waals surface area contributed by atoms with Gasteiger partial charge >= 0.3 is 0 Å². The molecule has 0 spiro atoms. The van der Waals surface area contributed by atoms with Gasteiger partial charge in [-0.15, -0.1) is 11.6 Å². The Labute approximate surface area is 106 Å². The molecule has 1 aromatic carbocycles. The minimum Gasteiger partial charge on any atom is -0.494 e. The molecular formula is C11H9BrClNO2. The molecule has 0 amide bonds. The Balaban J connectivity index is 2.65. The van der Waals surface area contributed by atoms with E-state index in [0.29, 0.717) is 11.3 Å². The Bertz CT molecular complexity index is 525. The highest BCUT2D eigenvalue weighted by Crippen LogP contribution is 2.35. The average molecular weight is 303 g/mol. The maximum atomic E-state index is 9.89. The Morgan fingerprint density at radius 2 is 1.94 bits per heavy atom. The minimum atomic E-state index is -0.0422. The summed E-state index contributed by atoms with van der Waals surface area (Å²) >= 11 is 9.01. The third-order valence-corrected chi connectivity index (χ3v) is 3.23. The number of rotatable bonds is 2. The van der Waals surface area contributed by atoms with Crippen LogP contribution in [0.5, 0.6) is 11.8 Å². The van der Waals surface area contributed by atoms with Gasteiger partial charge < -0.3 is 10.2 Å². The molecule has 0 saturated heterocycles. The quantitative estimate of drug-likeness (QED) is 0.835. The molecule has 0 radical (unpaired) electrons. The molecule has 0 atom stereocenters. The van der Waals surface area contributed by atoms with Crippen molar-refractivity contribution in [3.8, 4) is 17.4 Å². The Morgan fingerprint density at radius 3 is 2.50 bits per heavy atom. The number of benzene rings is 1. The number of halogens is 2. The molecule has 3 nitrogen and oxygen atoms in total. The second-order valence-electron chi connectivity index (χ2n) is 3.27. The molecule has 16 heavy (non-hydrogen) atoms. The highest BCUT2D eigenvalue weighted by atomic mass is 79.9. The summed E-state index contributed by atoms with van der Waals surface area (Å²) in [5.41, 5.74) is 1.16. The van der Waals surface area contributed by atoms with Crippen LogP contribution in [0.3, 0.4) is 0 Å². The summed E-state index contributed by atoms with van der Waals surface area (Å²) < 4.78 is 2.11. The fourth-order valence-electron chi connectivity index (χ4n) is 1.51. The second-order valence-corrected chi connectivity index (χ2v) is 4.39. The van der Waals surface area contributed by atoms with Crippen LogP contribution in [-0.4, -0.2) is 14.8 Å². The molecule has 0 unspecified atom stereocenters. The maximum absolute atomic E-state index is 9.89. The fourth-order valence-corrected chi connectivity index (χ4v) is 2.16. The highest BCUT2D eigenvalue weighted by molar-refractivity contribution is 9.10. The standard InChI is InChI=1S/C11H9BrClNO2/c12-8-3-1-2-4-9(8)14-10(15)5-7(6-13)11(14)16/h1-5,15-16H,6H2. The smallest absolute Gasteiger partial charge is 0.203 e. The van der Waals surface area contributed by atoms with E-state index in [1.165, 1.54) is 10.6 Å². The summed E-state index contributed by atoms with van der Waals surface area (Å²) in [6.07, 6.45) is 0. The third-order valence-electron chi connectivity index (χ3n) is 2.27. The van der Waals surface area contributed by atoms with E-state index in [0.717, 1.165) is 4.47 Å². The molecule has 84 valence electrons. The summed E-state index contributed by atoms with van der Waals surface area (Å²) in [6.45, 7) is 0. The summed E-state index contributed by atoms with van der Waals surface area (Å²) in [5, 5.41) is 19.6. The molecule has 0 aliphatic carbocycles. The van der Waals surface area contributed by atoms with Crippen LogP contribution in [0.4, 0.5) is 0 Å². The Morgan fingerprint density at radius 1 is 1.25 bits per heavy atom. The number of para-hydroxylation sites is 1. The van der Waals surface area contributed by atoms with Gasteiger partial charge in [0.05, 0.1) is 11.6 Å². The summed E-state index contributed by atoms with van der Waals surface area (Å²) in [7, 11) is 0. The number of hydrogen-bond acceptors (Lipinski definition) is 2. The average Bonchev–Trinajstić information content (AvgIpc) is 2.55. The number of hydrogen-bond donors (Lipinski definition) is 2. The lowest BCUT2D eigenvalue weighted by Gasteiger charge is -2.08. The normalized spacial score (nSPS) is 10.6. The lowest BCUT2D eigenvalue weighted by atomic mass is 10.3. The third kappa shape index (κ3) is 1.79. The maximum Gasteiger partial charge on any atom is 0.203 e. The molecule has 5 heteroatoms. The summed E-state index contributed by atoms with van der Waals surface area (Å²) in [4.78, 5) is 0. The van der Waals surface area contributed by atoms with Crippen molar-refractivity contribution >= 4 is 27.5 Å². The minimum absolute atomic E-state index is 0.0416. The molecule has 0 aliphatic rings. The van der Waals surface area contributed by atoms with Crippen LogP contribution < -0.4 is 0 Å². The number of nitrogens with zero attached hydrogens (tertiary/aromatic N) is 1. The van der Waals surface area contributed by atoms with Crippen LogP contribution in [0.2, 0.25) is 0 Å². The van der Waals surface area contributed by atoms with Gasteiger partial charge in [-0.1, -0.05) is 12.1 Å². The van der Waals surface area contributed by atoms with Crippen molar-refractivity contribution in [3.63, 3.8) is 0 Å². The molecule has 2 aromatic rings. The van der Waals surface area contributed by atoms with Crippen LogP contribution in [0, 0.1) is 0 Å². The molecule has 0 aliphatic heterocycles. The van der Waals surface area contributed by atoms with Gasteiger partial charge in [-0.3, -0.25) is 4.57 Å². The Kier molecular flexibility index (Phi) is 3.12. The van der Waals surface area contributed by atoms with Gasteiger partial charge in [0.1, 0.15) is 0 Å². The molecule has 1 aromatic heterocycles. The fraction of sp³-hybridized carbons (Fsp3) is 0.0909. The number of aromatic hydroxyl groups is 2. The van der Waals surface area contributed by atoms with Crippen LogP contribution in [0.15, 0.2) is 34.8 Å². The summed E-state index contributed by atoms with van der Waals surface area (Å²) in [5.74, 6) is 0.0658. The van der Waals surface area contributed by atoms with Gasteiger partial charge in [-0.2, -0.15) is 0 Å². The number of alkyl halides is 1. The monoisotopic (exact) mass is 301 g/mol. The first-order valence-corrected chi connectivity index (χ1v) is 5.91. The first-order valence-electron chi connectivity index (χ1n) is 4.58. The van der Waals surface area contributed by atoms with E-state index in [-0.39, 0.29) is 17.6 Å². The van der Waals surface area contributed by atoms with Crippen molar-refractivity contribution in [1.82, 2.24) is 4.57 Å². The first-order chi connectivity index (χ1) is 7.65. The van der Waals surface area contributed by atoms with E-state index in [4.69, 9.17) is 11.6 Å². The number of aromatic nitrogens is 1. The second kappa shape index (κ2) is 4.39. The van der Waals surface area contributed by atoms with Crippen molar-refractivity contribution in [2.24, 2.45) is 0 Å². The lowest BCUT2D eigenvalue weighted by Crippen LogP contribution is -1.93. The van der Waals surface area contributed by atoms with E-state index in [9.17, 15) is 10.2 Å². The van der Waals surface area contributed by atoms with E-state index in [1.807, 2.05) is 18.2 Å². The topological polar surface area (TPSA) is 45.4 Å². The summed E-state index contributed by atoms with van der Waals surface area (Å²) in [6, 6.07) is 8.73. The Hall–Kier alpha value is -1.13. The van der Waals surface area contributed by atoms with Crippen molar-refractivity contribution in [2.75, 3.05) is 0 Å². The van der Waals surface area contributed by atoms with E-state index < -0.39 is 0 Å². The van der Waals surface area contributed by atoms with Crippen molar-refractivity contribution in [3.05, 3.63) is 40.4 Å². The molecule has 2 N–H and O–H groups in total. The van der Waals surface area contributed by atoms with Gasteiger partial charge in [-0.05, 0) is 28.1 Å². The van der Waals surface area contributed by atoms with E-state index in [2.05, 4.69) is 15.9 Å². The zero-order valence-electron chi connectivity index (χ0n) is 8.19. The van der Waals surface area contributed by atoms with E-state index >= 15 is 0 Å². The zero-order chi connectivity index (χ0) is 11.7. The van der Waals surface area contributed by atoms with Gasteiger partial charge in [0.25, 0.3) is 0 Å². The highest BCUT2D eigenvalue weighted by Gasteiger charge is 2.15. The molecule has 2 rings (SSSR count). The van der Waals surface area contributed by atoms with Gasteiger partial charge in [-0.25, -0.2) is 0 Å². The van der Waals surface area contributed by atoms with Crippen molar-refractivity contribution in [1.29, 1.82) is 0 Å². The zero-order valence-corrected chi connectivity index (χ0v) is 10.5. The van der Waals surface area contributed by atoms with Gasteiger partial charge in [0, 0.05) is 16.1 Å². The van der Waals surface area contributed by atoms with Crippen LogP contribution in [0.25, 0.3) is 5.69 Å². The molecule has 0 saturated carbocycles. The van der Waals surface area contributed by atoms with E-state index in [1.54, 1.807) is 6.07 Å². The SMILES string of the molecule is Oc1cc(CCl)c(O)n1-c1ccccc1Br. The van der Waals surface area contributed by atoms with Crippen LogP contribution >= 0.6 is 27.5 Å². The van der Waals surface area contributed by atoms with Crippen LogP contribution in [0.1, 0.15) is 5.56 Å².